The summed E-state index contributed by atoms with van der Waals surface area (Å²) in [5.74, 6) is -0.892. The quantitative estimate of drug-likeness (QED) is 0.730. The van der Waals surface area contributed by atoms with Gasteiger partial charge in [0.2, 0.25) is 0 Å². The zero-order valence-electron chi connectivity index (χ0n) is 16.9. The van der Waals surface area contributed by atoms with Crippen LogP contribution >= 0.6 is 0 Å². The Hall–Kier alpha value is -3.19. The number of nitrogens with zero attached hydrogens (tertiary/aromatic N) is 2. The number of aromatic nitrogens is 1. The summed E-state index contributed by atoms with van der Waals surface area (Å²) in [5, 5.41) is 15.6. The molecule has 30 heavy (non-hydrogen) atoms. The fourth-order valence-electron chi connectivity index (χ4n) is 3.71. The molecule has 3 fully saturated rings. The van der Waals surface area contributed by atoms with Gasteiger partial charge in [-0.1, -0.05) is 29.8 Å². The monoisotopic (exact) mass is 410 g/mol. The topological polar surface area (TPSA) is 100.0 Å². The third kappa shape index (κ3) is 6.15. The van der Waals surface area contributed by atoms with Crippen LogP contribution in [0.2, 0.25) is 0 Å². The van der Waals surface area contributed by atoms with Gasteiger partial charge in [-0.25, -0.2) is 9.59 Å². The molecule has 158 valence electrons. The number of carboxylic acids is 2. The molecule has 0 spiro atoms. The summed E-state index contributed by atoms with van der Waals surface area (Å²) < 4.78 is 6.20. The minimum Gasteiger partial charge on any atom is -0.487 e. The summed E-state index contributed by atoms with van der Waals surface area (Å²) in [4.78, 5) is 26.2. The van der Waals surface area contributed by atoms with Crippen molar-refractivity contribution in [3.8, 4) is 17.0 Å². The number of carboxylic acid groups (broad SMARTS) is 2. The molecule has 0 radical (unpaired) electrons. The number of piperidine rings is 3. The molecule has 2 aromatic rings. The summed E-state index contributed by atoms with van der Waals surface area (Å²) in [6.45, 7) is 5.66. The highest BCUT2D eigenvalue weighted by Crippen LogP contribution is 2.31. The van der Waals surface area contributed by atoms with Gasteiger partial charge in [0.1, 0.15) is 11.9 Å². The molecule has 4 heterocycles. The predicted molar refractivity (Wildman–Crippen MR) is 112 cm³/mol. The second kappa shape index (κ2) is 10.0. The lowest BCUT2D eigenvalue weighted by molar-refractivity contribution is -0.134. The van der Waals surface area contributed by atoms with Gasteiger partial charge < -0.3 is 14.9 Å². The maximum Gasteiger partial charge on any atom is 0.328 e. The van der Waals surface area contributed by atoms with Crippen molar-refractivity contribution in [1.29, 1.82) is 0 Å². The van der Waals surface area contributed by atoms with E-state index in [4.69, 9.17) is 14.9 Å². The number of pyridine rings is 1. The summed E-state index contributed by atoms with van der Waals surface area (Å²) in [6.07, 6.45) is 5.88. The second-order valence-electron chi connectivity index (χ2n) is 7.55. The lowest BCUT2D eigenvalue weighted by Gasteiger charge is -2.44. The van der Waals surface area contributed by atoms with Gasteiger partial charge in [-0.05, 0) is 50.9 Å². The Labute approximate surface area is 175 Å². The molecule has 2 bridgehead atoms. The SMILES string of the molecule is Cc1ccc(-c2ccc(O[C@H]3CN4CCC3CC4)cn2)cc1.O=C(O)/C=C\C(=O)O. The van der Waals surface area contributed by atoms with Crippen LogP contribution in [0.5, 0.6) is 5.75 Å². The van der Waals surface area contributed by atoms with Gasteiger partial charge in [0.15, 0.2) is 0 Å². The fourth-order valence-corrected chi connectivity index (χ4v) is 3.71. The molecule has 2 N–H and O–H groups in total. The summed E-state index contributed by atoms with van der Waals surface area (Å²) in [6, 6.07) is 12.6. The Bertz CT molecular complexity index is 869. The first kappa shape index (κ1) is 21.5. The van der Waals surface area contributed by atoms with Gasteiger partial charge in [0.05, 0.1) is 11.9 Å². The molecular formula is C23H26N2O5. The van der Waals surface area contributed by atoms with E-state index in [2.05, 4.69) is 53.2 Å². The number of aliphatic carboxylic acids is 2. The van der Waals surface area contributed by atoms with Crippen molar-refractivity contribution in [2.45, 2.75) is 25.9 Å². The van der Waals surface area contributed by atoms with E-state index in [1.807, 2.05) is 6.20 Å². The highest BCUT2D eigenvalue weighted by Gasteiger charge is 2.35. The van der Waals surface area contributed by atoms with Crippen LogP contribution in [-0.2, 0) is 9.59 Å². The standard InChI is InChI=1S/C19H22N2O.C4H4O4/c1-14-2-4-15(5-3-14)18-7-6-17(12-20-18)22-19-13-21-10-8-16(19)9-11-21;5-3(6)1-2-4(7)8/h2-7,12,16,19H,8-11,13H2,1H3;1-2H,(H,5,6)(H,7,8)/b;2-1-/t19-;/m0./s1. The van der Waals surface area contributed by atoms with E-state index in [9.17, 15) is 9.59 Å². The molecule has 3 aliphatic rings. The van der Waals surface area contributed by atoms with Gasteiger partial charge in [-0.15, -0.1) is 0 Å². The summed E-state index contributed by atoms with van der Waals surface area (Å²) in [5.41, 5.74) is 3.42. The van der Waals surface area contributed by atoms with E-state index >= 15 is 0 Å². The van der Waals surface area contributed by atoms with E-state index in [1.165, 1.54) is 31.5 Å². The molecule has 0 saturated carbocycles. The van der Waals surface area contributed by atoms with Crippen LogP contribution in [-0.4, -0.2) is 57.8 Å². The third-order valence-corrected chi connectivity index (χ3v) is 5.34. The van der Waals surface area contributed by atoms with Crippen LogP contribution in [0.1, 0.15) is 18.4 Å². The normalized spacial score (nSPS) is 22.2. The number of hydrogen-bond acceptors (Lipinski definition) is 5. The first-order valence-corrected chi connectivity index (χ1v) is 9.97. The van der Waals surface area contributed by atoms with Crippen LogP contribution < -0.4 is 4.74 Å². The molecule has 3 aliphatic heterocycles. The number of rotatable bonds is 5. The maximum absolute atomic E-state index is 9.55. The van der Waals surface area contributed by atoms with Crippen molar-refractivity contribution in [3.63, 3.8) is 0 Å². The lowest BCUT2D eigenvalue weighted by Crippen LogP contribution is -2.52. The molecule has 0 unspecified atom stereocenters. The molecule has 3 saturated heterocycles. The van der Waals surface area contributed by atoms with Crippen molar-refractivity contribution < 1.29 is 24.5 Å². The Kier molecular flexibility index (Phi) is 7.19. The molecular weight excluding hydrogens is 384 g/mol. The molecule has 0 amide bonds. The van der Waals surface area contributed by atoms with Crippen molar-refractivity contribution >= 4 is 11.9 Å². The number of fused-ring (bicyclic) bond motifs is 3. The van der Waals surface area contributed by atoms with Crippen molar-refractivity contribution in [1.82, 2.24) is 9.88 Å². The van der Waals surface area contributed by atoms with Gasteiger partial charge in [0, 0.05) is 24.3 Å². The predicted octanol–water partition coefficient (Wildman–Crippen LogP) is 3.24. The van der Waals surface area contributed by atoms with E-state index < -0.39 is 11.9 Å². The van der Waals surface area contributed by atoms with Crippen LogP contribution in [0.4, 0.5) is 0 Å². The Balaban J connectivity index is 0.000000275. The third-order valence-electron chi connectivity index (χ3n) is 5.34. The zero-order chi connectivity index (χ0) is 21.5. The van der Waals surface area contributed by atoms with Crippen LogP contribution in [0, 0.1) is 12.8 Å². The fraction of sp³-hybridized carbons (Fsp3) is 0.348. The van der Waals surface area contributed by atoms with E-state index in [1.54, 1.807) is 0 Å². The lowest BCUT2D eigenvalue weighted by atomic mass is 9.86. The Morgan fingerprint density at radius 3 is 2.13 bits per heavy atom. The minimum absolute atomic E-state index is 0.342. The molecule has 7 heteroatoms. The van der Waals surface area contributed by atoms with Gasteiger partial charge in [-0.3, -0.25) is 9.88 Å². The average Bonchev–Trinajstić information content (AvgIpc) is 2.75. The molecule has 5 rings (SSSR count). The zero-order valence-corrected chi connectivity index (χ0v) is 16.9. The summed E-state index contributed by atoms with van der Waals surface area (Å²) >= 11 is 0. The van der Waals surface area contributed by atoms with Crippen molar-refractivity contribution in [2.24, 2.45) is 5.92 Å². The van der Waals surface area contributed by atoms with Crippen LogP contribution in [0.25, 0.3) is 11.3 Å². The second-order valence-corrected chi connectivity index (χ2v) is 7.55. The Morgan fingerprint density at radius 1 is 1.03 bits per heavy atom. The summed E-state index contributed by atoms with van der Waals surface area (Å²) in [7, 11) is 0. The minimum atomic E-state index is -1.26. The molecule has 1 aromatic carbocycles. The highest BCUT2D eigenvalue weighted by molar-refractivity contribution is 5.89. The van der Waals surface area contributed by atoms with Gasteiger partial charge in [0.25, 0.3) is 0 Å². The largest absolute Gasteiger partial charge is 0.487 e. The average molecular weight is 410 g/mol. The molecule has 1 aromatic heterocycles. The van der Waals surface area contributed by atoms with E-state index in [0.717, 1.165) is 29.5 Å². The number of carbonyl (C=O) groups is 2. The van der Waals surface area contributed by atoms with Crippen LogP contribution in [0.3, 0.4) is 0 Å². The number of ether oxygens (including phenoxy) is 1. The van der Waals surface area contributed by atoms with Crippen molar-refractivity contribution in [3.05, 3.63) is 60.3 Å². The first-order chi connectivity index (χ1) is 14.4. The first-order valence-electron chi connectivity index (χ1n) is 9.97. The molecule has 7 nitrogen and oxygen atoms in total. The van der Waals surface area contributed by atoms with Crippen molar-refractivity contribution in [2.75, 3.05) is 19.6 Å². The van der Waals surface area contributed by atoms with Crippen LogP contribution in [0.15, 0.2) is 54.7 Å². The molecule has 0 aliphatic carbocycles. The van der Waals surface area contributed by atoms with E-state index in [-0.39, 0.29) is 0 Å². The highest BCUT2D eigenvalue weighted by atomic mass is 16.5. The number of hydrogen-bond donors (Lipinski definition) is 2. The molecule has 1 atom stereocenters. The van der Waals surface area contributed by atoms with Gasteiger partial charge >= 0.3 is 11.9 Å². The smallest absolute Gasteiger partial charge is 0.328 e. The number of benzene rings is 1. The Morgan fingerprint density at radius 2 is 1.67 bits per heavy atom. The maximum atomic E-state index is 9.55. The van der Waals surface area contributed by atoms with Gasteiger partial charge in [-0.2, -0.15) is 0 Å². The van der Waals surface area contributed by atoms with E-state index in [0.29, 0.717) is 18.3 Å². The number of aryl methyl sites for hydroxylation is 1.